The van der Waals surface area contributed by atoms with Crippen LogP contribution >= 0.6 is 11.8 Å². The summed E-state index contributed by atoms with van der Waals surface area (Å²) in [7, 11) is 1.64. The number of aryl methyl sites for hydroxylation is 1. The van der Waals surface area contributed by atoms with Gasteiger partial charge in [0.25, 0.3) is 0 Å². The maximum Gasteiger partial charge on any atom is 0.210 e. The largest absolute Gasteiger partial charge is 0.497 e. The number of carbonyl (C=O) groups excluding carboxylic acids is 1. The van der Waals surface area contributed by atoms with Crippen LogP contribution in [0, 0.1) is 13.8 Å². The van der Waals surface area contributed by atoms with Gasteiger partial charge in [0.05, 0.1) is 19.4 Å². The summed E-state index contributed by atoms with van der Waals surface area (Å²) >= 11 is 1.36. The minimum atomic E-state index is 0.0896. The Balaban J connectivity index is 1.67. The van der Waals surface area contributed by atoms with Gasteiger partial charge in [-0.3, -0.25) is 4.79 Å². The molecule has 0 aliphatic heterocycles. The van der Waals surface area contributed by atoms with Gasteiger partial charge in [-0.2, -0.15) is 0 Å². The van der Waals surface area contributed by atoms with Crippen LogP contribution in [-0.2, 0) is 13.1 Å². The fourth-order valence-corrected chi connectivity index (χ4v) is 3.84. The third kappa shape index (κ3) is 4.21. The van der Waals surface area contributed by atoms with Crippen LogP contribution in [0.5, 0.6) is 5.75 Å². The quantitative estimate of drug-likeness (QED) is 0.438. The maximum absolute atomic E-state index is 12.7. The molecule has 27 heavy (non-hydrogen) atoms. The Morgan fingerprint density at radius 2 is 1.96 bits per heavy atom. The first kappa shape index (κ1) is 19.2. The van der Waals surface area contributed by atoms with Crippen LogP contribution in [0.4, 0.5) is 0 Å². The number of methoxy groups -OCH3 is 1. The van der Waals surface area contributed by atoms with Gasteiger partial charge in [0, 0.05) is 23.5 Å². The molecule has 7 nitrogen and oxygen atoms in total. The summed E-state index contributed by atoms with van der Waals surface area (Å²) in [6.07, 6.45) is 0. The van der Waals surface area contributed by atoms with Crippen molar-refractivity contribution >= 4 is 17.5 Å². The second-order valence-corrected chi connectivity index (χ2v) is 7.15. The predicted octanol–water partition coefficient (Wildman–Crippen LogP) is 3.14. The van der Waals surface area contributed by atoms with Crippen LogP contribution in [0.3, 0.4) is 0 Å². The SMILES string of the molecule is CCn1c(C)cc(C(=O)CSc2nnnn2Cc2ccc(OC)cc2)c1C. The van der Waals surface area contributed by atoms with Crippen molar-refractivity contribution in [2.24, 2.45) is 0 Å². The summed E-state index contributed by atoms with van der Waals surface area (Å²) in [6, 6.07) is 9.71. The lowest BCUT2D eigenvalue weighted by molar-refractivity contribution is 0.102. The highest BCUT2D eigenvalue weighted by Gasteiger charge is 2.17. The Labute approximate surface area is 162 Å². The van der Waals surface area contributed by atoms with Crippen molar-refractivity contribution in [1.82, 2.24) is 24.8 Å². The number of rotatable bonds is 8. The lowest BCUT2D eigenvalue weighted by atomic mass is 10.2. The van der Waals surface area contributed by atoms with E-state index in [1.165, 1.54) is 11.8 Å². The van der Waals surface area contributed by atoms with Crippen LogP contribution in [0.25, 0.3) is 0 Å². The molecule has 0 radical (unpaired) electrons. The van der Waals surface area contributed by atoms with Gasteiger partial charge in [-0.25, -0.2) is 4.68 Å². The summed E-state index contributed by atoms with van der Waals surface area (Å²) < 4.78 is 9.02. The molecule has 142 valence electrons. The second-order valence-electron chi connectivity index (χ2n) is 6.21. The number of ketones is 1. The molecule has 0 saturated heterocycles. The molecular formula is C19H23N5O2S. The smallest absolute Gasteiger partial charge is 0.210 e. The molecular weight excluding hydrogens is 362 g/mol. The van der Waals surface area contributed by atoms with Gasteiger partial charge in [0.1, 0.15) is 5.75 Å². The average Bonchev–Trinajstić information content (AvgIpc) is 3.23. The number of hydrogen-bond acceptors (Lipinski definition) is 6. The number of Topliss-reactive ketones (excluding diaryl/α,β-unsaturated/α-hetero) is 1. The number of carbonyl (C=O) groups is 1. The fourth-order valence-electron chi connectivity index (χ4n) is 3.08. The van der Waals surface area contributed by atoms with E-state index in [-0.39, 0.29) is 5.78 Å². The van der Waals surface area contributed by atoms with Crippen molar-refractivity contribution in [2.45, 2.75) is 39.0 Å². The van der Waals surface area contributed by atoms with Gasteiger partial charge < -0.3 is 9.30 Å². The Morgan fingerprint density at radius 1 is 1.22 bits per heavy atom. The maximum atomic E-state index is 12.7. The molecule has 3 aromatic rings. The van der Waals surface area contributed by atoms with Crippen LogP contribution < -0.4 is 4.74 Å². The molecule has 0 fully saturated rings. The number of tetrazole rings is 1. The van der Waals surface area contributed by atoms with E-state index in [0.29, 0.717) is 17.5 Å². The van der Waals surface area contributed by atoms with Crippen molar-refractivity contribution < 1.29 is 9.53 Å². The van der Waals surface area contributed by atoms with E-state index in [4.69, 9.17) is 4.74 Å². The standard InChI is InChI=1S/C19H23N5O2S/c1-5-23-13(2)10-17(14(23)3)18(25)12-27-19-20-21-22-24(19)11-15-6-8-16(26-4)9-7-15/h6-10H,5,11-12H2,1-4H3. The van der Waals surface area contributed by atoms with Crippen LogP contribution in [0.15, 0.2) is 35.5 Å². The number of thioether (sulfide) groups is 1. The zero-order chi connectivity index (χ0) is 19.4. The zero-order valence-corrected chi connectivity index (χ0v) is 16.8. The fraction of sp³-hybridized carbons (Fsp3) is 0.368. The predicted molar refractivity (Wildman–Crippen MR) is 105 cm³/mol. The molecule has 0 unspecified atom stereocenters. The molecule has 0 atom stereocenters. The summed E-state index contributed by atoms with van der Waals surface area (Å²) in [5.74, 6) is 1.20. The zero-order valence-electron chi connectivity index (χ0n) is 16.0. The highest BCUT2D eigenvalue weighted by Crippen LogP contribution is 2.21. The van der Waals surface area contributed by atoms with Crippen LogP contribution in [0.1, 0.15) is 34.2 Å². The van der Waals surface area contributed by atoms with E-state index in [1.54, 1.807) is 11.8 Å². The van der Waals surface area contributed by atoms with E-state index in [9.17, 15) is 4.79 Å². The third-order valence-corrected chi connectivity index (χ3v) is 5.47. The molecule has 0 bridgehead atoms. The summed E-state index contributed by atoms with van der Waals surface area (Å²) in [6.45, 7) is 7.49. The van der Waals surface area contributed by atoms with E-state index in [1.807, 2.05) is 44.2 Å². The van der Waals surface area contributed by atoms with E-state index >= 15 is 0 Å². The van der Waals surface area contributed by atoms with Crippen LogP contribution in [-0.4, -0.2) is 43.4 Å². The second kappa shape index (κ2) is 8.39. The molecule has 0 amide bonds. The van der Waals surface area contributed by atoms with Gasteiger partial charge in [0.2, 0.25) is 5.16 Å². The van der Waals surface area contributed by atoms with Crippen molar-refractivity contribution in [3.8, 4) is 5.75 Å². The van der Waals surface area contributed by atoms with Crippen molar-refractivity contribution in [1.29, 1.82) is 0 Å². The molecule has 0 N–H and O–H groups in total. The molecule has 1 aromatic carbocycles. The molecule has 3 rings (SSSR count). The lowest BCUT2D eigenvalue weighted by Gasteiger charge is -2.06. The molecule has 0 spiro atoms. The third-order valence-electron chi connectivity index (χ3n) is 4.51. The van der Waals surface area contributed by atoms with E-state index in [0.717, 1.165) is 34.8 Å². The normalized spacial score (nSPS) is 11.0. The van der Waals surface area contributed by atoms with Gasteiger partial charge in [-0.1, -0.05) is 23.9 Å². The number of benzene rings is 1. The topological polar surface area (TPSA) is 74.8 Å². The minimum absolute atomic E-state index is 0.0896. The van der Waals surface area contributed by atoms with Crippen LogP contribution in [0.2, 0.25) is 0 Å². The van der Waals surface area contributed by atoms with Crippen molar-refractivity contribution in [3.05, 3.63) is 52.8 Å². The Kier molecular flexibility index (Phi) is 5.95. The summed E-state index contributed by atoms with van der Waals surface area (Å²) in [4.78, 5) is 12.7. The lowest BCUT2D eigenvalue weighted by Crippen LogP contribution is -2.08. The number of ether oxygens (including phenoxy) is 1. The number of nitrogens with zero attached hydrogens (tertiary/aromatic N) is 5. The van der Waals surface area contributed by atoms with Gasteiger partial charge in [-0.15, -0.1) is 5.10 Å². The molecule has 0 aliphatic rings. The van der Waals surface area contributed by atoms with Crippen molar-refractivity contribution in [2.75, 3.05) is 12.9 Å². The molecule has 0 aliphatic carbocycles. The van der Waals surface area contributed by atoms with E-state index in [2.05, 4.69) is 27.0 Å². The number of aromatic nitrogens is 5. The molecule has 8 heteroatoms. The molecule has 2 aromatic heterocycles. The van der Waals surface area contributed by atoms with Gasteiger partial charge in [-0.05, 0) is 55.0 Å². The monoisotopic (exact) mass is 385 g/mol. The first-order valence-corrected chi connectivity index (χ1v) is 9.73. The first-order chi connectivity index (χ1) is 13.0. The Hall–Kier alpha value is -2.61. The van der Waals surface area contributed by atoms with Gasteiger partial charge in [0.15, 0.2) is 5.78 Å². The molecule has 2 heterocycles. The summed E-state index contributed by atoms with van der Waals surface area (Å²) in [5, 5.41) is 12.5. The van der Waals surface area contributed by atoms with Gasteiger partial charge >= 0.3 is 0 Å². The Bertz CT molecular complexity index is 930. The minimum Gasteiger partial charge on any atom is -0.497 e. The highest BCUT2D eigenvalue weighted by molar-refractivity contribution is 7.99. The average molecular weight is 385 g/mol. The summed E-state index contributed by atoms with van der Waals surface area (Å²) in [5.41, 5.74) is 3.95. The van der Waals surface area contributed by atoms with E-state index < -0.39 is 0 Å². The Morgan fingerprint density at radius 3 is 2.59 bits per heavy atom. The highest BCUT2D eigenvalue weighted by atomic mass is 32.2. The molecule has 0 saturated carbocycles. The first-order valence-electron chi connectivity index (χ1n) is 8.75. The number of hydrogen-bond donors (Lipinski definition) is 0. The van der Waals surface area contributed by atoms with Crippen molar-refractivity contribution in [3.63, 3.8) is 0 Å².